The van der Waals surface area contributed by atoms with Crippen molar-refractivity contribution in [1.29, 1.82) is 0 Å². The maximum atomic E-state index is 5.46. The lowest BCUT2D eigenvalue weighted by atomic mass is 10.1. The predicted molar refractivity (Wildman–Crippen MR) is 86.7 cm³/mol. The van der Waals surface area contributed by atoms with E-state index in [1.807, 2.05) is 19.3 Å². The minimum atomic E-state index is 0.678. The molecule has 0 amide bonds. The quantitative estimate of drug-likeness (QED) is 0.741. The summed E-state index contributed by atoms with van der Waals surface area (Å²) < 4.78 is 7.21. The fraction of sp³-hybridized carbons (Fsp3) is 0.294. The molecule has 0 unspecified atom stereocenters. The standard InChI is InChI=1S/C17H20N4O/c1-12-5-6-17(13(2)7-12)20(3)11-15-8-16(19-22-15)14-9-18-21(4)10-14/h5-10H,11H2,1-4H3. The Balaban J connectivity index is 1.77. The summed E-state index contributed by atoms with van der Waals surface area (Å²) in [5.74, 6) is 0.835. The van der Waals surface area contributed by atoms with Gasteiger partial charge in [-0.25, -0.2) is 0 Å². The number of aryl methyl sites for hydroxylation is 3. The summed E-state index contributed by atoms with van der Waals surface area (Å²) in [4.78, 5) is 2.17. The Morgan fingerprint density at radius 3 is 2.73 bits per heavy atom. The van der Waals surface area contributed by atoms with E-state index < -0.39 is 0 Å². The van der Waals surface area contributed by atoms with Gasteiger partial charge in [0.25, 0.3) is 0 Å². The van der Waals surface area contributed by atoms with Crippen LogP contribution >= 0.6 is 0 Å². The van der Waals surface area contributed by atoms with Gasteiger partial charge in [0.1, 0.15) is 5.69 Å². The third kappa shape index (κ3) is 2.88. The molecule has 0 spiro atoms. The van der Waals surface area contributed by atoms with Crippen LogP contribution in [0.5, 0.6) is 0 Å². The zero-order valence-electron chi connectivity index (χ0n) is 13.4. The zero-order valence-corrected chi connectivity index (χ0v) is 13.4. The number of benzene rings is 1. The van der Waals surface area contributed by atoms with E-state index in [2.05, 4.69) is 54.2 Å². The third-order valence-electron chi connectivity index (χ3n) is 3.72. The molecule has 0 aliphatic carbocycles. The van der Waals surface area contributed by atoms with Gasteiger partial charge in [0.15, 0.2) is 5.76 Å². The fourth-order valence-corrected chi connectivity index (χ4v) is 2.63. The Bertz CT molecular complexity index is 788. The summed E-state index contributed by atoms with van der Waals surface area (Å²) in [5, 5.41) is 8.28. The van der Waals surface area contributed by atoms with Crippen LogP contribution in [0.1, 0.15) is 16.9 Å². The molecule has 1 aromatic carbocycles. The summed E-state index contributed by atoms with van der Waals surface area (Å²) in [6, 6.07) is 8.42. The van der Waals surface area contributed by atoms with Crippen molar-refractivity contribution in [2.24, 2.45) is 7.05 Å². The Hall–Kier alpha value is -2.56. The number of rotatable bonds is 4. The monoisotopic (exact) mass is 296 g/mol. The summed E-state index contributed by atoms with van der Waals surface area (Å²) >= 11 is 0. The highest BCUT2D eigenvalue weighted by molar-refractivity contribution is 5.57. The zero-order chi connectivity index (χ0) is 15.7. The van der Waals surface area contributed by atoms with Crippen molar-refractivity contribution in [3.05, 3.63) is 53.5 Å². The Labute approximate surface area is 130 Å². The van der Waals surface area contributed by atoms with Crippen LogP contribution in [0.3, 0.4) is 0 Å². The summed E-state index contributed by atoms with van der Waals surface area (Å²) in [6.07, 6.45) is 3.71. The van der Waals surface area contributed by atoms with Gasteiger partial charge in [-0.3, -0.25) is 4.68 Å². The maximum absolute atomic E-state index is 5.46. The second kappa shape index (κ2) is 5.67. The molecule has 0 bridgehead atoms. The first-order valence-electron chi connectivity index (χ1n) is 7.26. The minimum absolute atomic E-state index is 0.678. The van der Waals surface area contributed by atoms with E-state index in [1.165, 1.54) is 16.8 Å². The number of aromatic nitrogens is 3. The van der Waals surface area contributed by atoms with Crippen LogP contribution in [0.25, 0.3) is 11.3 Å². The molecule has 3 rings (SSSR count). The molecule has 0 fully saturated rings. The van der Waals surface area contributed by atoms with Crippen LogP contribution < -0.4 is 4.90 Å². The first-order valence-corrected chi connectivity index (χ1v) is 7.26. The Kier molecular flexibility index (Phi) is 3.71. The topological polar surface area (TPSA) is 47.1 Å². The van der Waals surface area contributed by atoms with Crippen LogP contribution in [-0.4, -0.2) is 22.0 Å². The molecule has 5 nitrogen and oxygen atoms in total. The number of hydrogen-bond donors (Lipinski definition) is 0. The highest BCUT2D eigenvalue weighted by Gasteiger charge is 2.11. The van der Waals surface area contributed by atoms with Crippen molar-refractivity contribution in [1.82, 2.24) is 14.9 Å². The molecular formula is C17H20N4O. The smallest absolute Gasteiger partial charge is 0.156 e. The van der Waals surface area contributed by atoms with E-state index in [4.69, 9.17) is 4.52 Å². The van der Waals surface area contributed by atoms with Crippen molar-refractivity contribution < 1.29 is 4.52 Å². The maximum Gasteiger partial charge on any atom is 0.156 e. The van der Waals surface area contributed by atoms with E-state index in [0.717, 1.165) is 17.0 Å². The van der Waals surface area contributed by atoms with Crippen molar-refractivity contribution in [3.8, 4) is 11.3 Å². The lowest BCUT2D eigenvalue weighted by Crippen LogP contribution is -2.17. The van der Waals surface area contributed by atoms with Crippen molar-refractivity contribution in [2.75, 3.05) is 11.9 Å². The lowest BCUT2D eigenvalue weighted by Gasteiger charge is -2.20. The average molecular weight is 296 g/mol. The lowest BCUT2D eigenvalue weighted by molar-refractivity contribution is 0.385. The Morgan fingerprint density at radius 2 is 2.05 bits per heavy atom. The largest absolute Gasteiger partial charge is 0.367 e. The normalized spacial score (nSPS) is 10.9. The fourth-order valence-electron chi connectivity index (χ4n) is 2.63. The molecule has 2 heterocycles. The molecule has 3 aromatic rings. The number of anilines is 1. The molecule has 0 saturated carbocycles. The highest BCUT2D eigenvalue weighted by Crippen LogP contribution is 2.23. The molecule has 22 heavy (non-hydrogen) atoms. The summed E-state index contributed by atoms with van der Waals surface area (Å²) in [7, 11) is 3.95. The van der Waals surface area contributed by atoms with Gasteiger partial charge in [-0.2, -0.15) is 5.10 Å². The van der Waals surface area contributed by atoms with E-state index in [1.54, 1.807) is 10.9 Å². The van der Waals surface area contributed by atoms with E-state index in [0.29, 0.717) is 6.54 Å². The minimum Gasteiger partial charge on any atom is -0.367 e. The van der Waals surface area contributed by atoms with E-state index in [9.17, 15) is 0 Å². The van der Waals surface area contributed by atoms with Gasteiger partial charge in [-0.05, 0) is 25.5 Å². The second-order valence-electron chi connectivity index (χ2n) is 5.73. The SMILES string of the molecule is Cc1ccc(N(C)Cc2cc(-c3cnn(C)c3)no2)c(C)c1. The molecule has 0 atom stereocenters. The van der Waals surface area contributed by atoms with Crippen molar-refractivity contribution in [2.45, 2.75) is 20.4 Å². The molecule has 114 valence electrons. The van der Waals surface area contributed by atoms with Gasteiger partial charge in [0.05, 0.1) is 12.7 Å². The number of nitrogens with zero attached hydrogens (tertiary/aromatic N) is 4. The van der Waals surface area contributed by atoms with E-state index in [-0.39, 0.29) is 0 Å². The van der Waals surface area contributed by atoms with Crippen LogP contribution in [0.4, 0.5) is 5.69 Å². The van der Waals surface area contributed by atoms with Crippen LogP contribution in [-0.2, 0) is 13.6 Å². The number of hydrogen-bond acceptors (Lipinski definition) is 4. The van der Waals surface area contributed by atoms with Crippen LogP contribution in [0.2, 0.25) is 0 Å². The third-order valence-corrected chi connectivity index (χ3v) is 3.72. The van der Waals surface area contributed by atoms with Gasteiger partial charge < -0.3 is 9.42 Å². The molecular weight excluding hydrogens is 276 g/mol. The molecule has 2 aromatic heterocycles. The molecule has 0 aliphatic rings. The molecule has 5 heteroatoms. The van der Waals surface area contributed by atoms with Gasteiger partial charge in [-0.15, -0.1) is 0 Å². The van der Waals surface area contributed by atoms with Gasteiger partial charge in [-0.1, -0.05) is 22.9 Å². The first kappa shape index (κ1) is 14.4. The van der Waals surface area contributed by atoms with Crippen LogP contribution in [0.15, 0.2) is 41.2 Å². The molecule has 0 saturated heterocycles. The van der Waals surface area contributed by atoms with Gasteiger partial charge in [0, 0.05) is 37.6 Å². The van der Waals surface area contributed by atoms with Crippen LogP contribution in [0, 0.1) is 13.8 Å². The second-order valence-corrected chi connectivity index (χ2v) is 5.73. The first-order chi connectivity index (χ1) is 10.5. The molecule has 0 N–H and O–H groups in total. The molecule has 0 radical (unpaired) electrons. The van der Waals surface area contributed by atoms with Crippen molar-refractivity contribution in [3.63, 3.8) is 0 Å². The van der Waals surface area contributed by atoms with Gasteiger partial charge >= 0.3 is 0 Å². The highest BCUT2D eigenvalue weighted by atomic mass is 16.5. The van der Waals surface area contributed by atoms with Crippen molar-refractivity contribution >= 4 is 5.69 Å². The predicted octanol–water partition coefficient (Wildman–Crippen LogP) is 3.33. The molecule has 0 aliphatic heterocycles. The van der Waals surface area contributed by atoms with E-state index >= 15 is 0 Å². The Morgan fingerprint density at radius 1 is 1.23 bits per heavy atom. The van der Waals surface area contributed by atoms with Gasteiger partial charge in [0.2, 0.25) is 0 Å². The average Bonchev–Trinajstić information content (AvgIpc) is 3.07. The summed E-state index contributed by atoms with van der Waals surface area (Å²) in [6.45, 7) is 4.91. The summed E-state index contributed by atoms with van der Waals surface area (Å²) in [5.41, 5.74) is 5.51.